The molecule has 1 heterocycles. The normalized spacial score (nSPS) is 11.7. The van der Waals surface area contributed by atoms with Gasteiger partial charge in [-0.25, -0.2) is 4.79 Å². The number of rotatable bonds is 11. The van der Waals surface area contributed by atoms with Crippen LogP contribution >= 0.6 is 0 Å². The first-order valence-electron chi connectivity index (χ1n) is 11.0. The standard InChI is InChI=1S/C26H30N2O5/c1-4-32-25(26(30)31)17-20-6-12-23(13-7-20)33-16-15-28-18(2)5-14-24(28)21-8-10-22(11-9-21)27-19(3)29/h5-14,25H,4,15-17H2,1-3H3,(H,27,29)(H,30,31). The number of carboxylic acids is 1. The lowest BCUT2D eigenvalue weighted by Crippen LogP contribution is -2.26. The Morgan fingerprint density at radius 2 is 1.73 bits per heavy atom. The van der Waals surface area contributed by atoms with Gasteiger partial charge in [-0.2, -0.15) is 0 Å². The van der Waals surface area contributed by atoms with Crippen LogP contribution < -0.4 is 10.1 Å². The largest absolute Gasteiger partial charge is 0.492 e. The number of aromatic nitrogens is 1. The topological polar surface area (TPSA) is 89.8 Å². The number of nitrogens with one attached hydrogen (secondary N) is 1. The molecule has 0 aliphatic heterocycles. The van der Waals surface area contributed by atoms with Crippen molar-refractivity contribution in [1.29, 1.82) is 0 Å². The second-order valence-electron chi connectivity index (χ2n) is 7.75. The van der Waals surface area contributed by atoms with Crippen LogP contribution in [-0.4, -0.2) is 40.9 Å². The van der Waals surface area contributed by atoms with Gasteiger partial charge in [0, 0.05) is 37.0 Å². The molecule has 1 amide bonds. The van der Waals surface area contributed by atoms with Crippen molar-refractivity contribution in [2.75, 3.05) is 18.5 Å². The van der Waals surface area contributed by atoms with Crippen molar-refractivity contribution < 1.29 is 24.2 Å². The summed E-state index contributed by atoms with van der Waals surface area (Å²) in [7, 11) is 0. The van der Waals surface area contributed by atoms with E-state index in [1.54, 1.807) is 6.92 Å². The minimum Gasteiger partial charge on any atom is -0.492 e. The van der Waals surface area contributed by atoms with Crippen molar-refractivity contribution in [1.82, 2.24) is 4.57 Å². The van der Waals surface area contributed by atoms with Gasteiger partial charge in [-0.3, -0.25) is 4.79 Å². The van der Waals surface area contributed by atoms with Crippen molar-refractivity contribution in [3.05, 3.63) is 71.9 Å². The molecule has 0 radical (unpaired) electrons. The number of carboxylic acid groups (broad SMARTS) is 1. The lowest BCUT2D eigenvalue weighted by molar-refractivity contribution is -0.149. The van der Waals surface area contributed by atoms with E-state index in [1.165, 1.54) is 6.92 Å². The molecule has 7 heteroatoms. The van der Waals surface area contributed by atoms with E-state index < -0.39 is 12.1 Å². The minimum absolute atomic E-state index is 0.0943. The number of nitrogens with zero attached hydrogens (tertiary/aromatic N) is 1. The molecule has 0 spiro atoms. The van der Waals surface area contributed by atoms with Crippen LogP contribution in [0.3, 0.4) is 0 Å². The van der Waals surface area contributed by atoms with Crippen molar-refractivity contribution >= 4 is 17.6 Å². The summed E-state index contributed by atoms with van der Waals surface area (Å²) in [6, 6.07) is 19.3. The second kappa shape index (κ2) is 11.3. The Hall–Kier alpha value is -3.58. The molecule has 3 aromatic rings. The number of benzene rings is 2. The number of carbonyl (C=O) groups is 2. The van der Waals surface area contributed by atoms with Gasteiger partial charge < -0.3 is 24.5 Å². The number of anilines is 1. The maximum absolute atomic E-state index is 11.3. The number of amides is 1. The molecular weight excluding hydrogens is 420 g/mol. The van der Waals surface area contributed by atoms with Gasteiger partial charge in [0.2, 0.25) is 5.91 Å². The zero-order valence-electron chi connectivity index (χ0n) is 19.2. The van der Waals surface area contributed by atoms with Crippen molar-refractivity contribution in [3.63, 3.8) is 0 Å². The van der Waals surface area contributed by atoms with Crippen LogP contribution in [0.4, 0.5) is 5.69 Å². The lowest BCUT2D eigenvalue weighted by atomic mass is 10.1. The highest BCUT2D eigenvalue weighted by Gasteiger charge is 2.17. The molecule has 2 aromatic carbocycles. The van der Waals surface area contributed by atoms with E-state index in [4.69, 9.17) is 9.47 Å². The van der Waals surface area contributed by atoms with Crippen molar-refractivity contribution in [2.45, 2.75) is 39.8 Å². The second-order valence-corrected chi connectivity index (χ2v) is 7.75. The molecule has 33 heavy (non-hydrogen) atoms. The van der Waals surface area contributed by atoms with Gasteiger partial charge in [0.15, 0.2) is 6.10 Å². The zero-order chi connectivity index (χ0) is 23.8. The quantitative estimate of drug-likeness (QED) is 0.448. The van der Waals surface area contributed by atoms with Gasteiger partial charge in [-0.15, -0.1) is 0 Å². The molecular formula is C26H30N2O5. The summed E-state index contributed by atoms with van der Waals surface area (Å²) < 4.78 is 13.4. The Morgan fingerprint density at radius 1 is 1.03 bits per heavy atom. The number of carbonyl (C=O) groups excluding carboxylic acids is 1. The smallest absolute Gasteiger partial charge is 0.333 e. The van der Waals surface area contributed by atoms with Crippen molar-refractivity contribution in [2.24, 2.45) is 0 Å². The average molecular weight is 451 g/mol. The Bertz CT molecular complexity index is 1070. The van der Waals surface area contributed by atoms with Gasteiger partial charge in [0.05, 0.1) is 6.54 Å². The molecule has 3 rings (SSSR count). The highest BCUT2D eigenvalue weighted by molar-refractivity contribution is 5.88. The molecule has 0 aliphatic rings. The number of ether oxygens (including phenoxy) is 2. The van der Waals surface area contributed by atoms with Crippen LogP contribution in [-0.2, 0) is 27.3 Å². The predicted octanol–water partition coefficient (Wildman–Crippen LogP) is 4.53. The predicted molar refractivity (Wildman–Crippen MR) is 128 cm³/mol. The van der Waals surface area contributed by atoms with Crippen LogP contribution in [0, 0.1) is 6.92 Å². The van der Waals surface area contributed by atoms with E-state index in [0.717, 1.165) is 34.0 Å². The SMILES string of the molecule is CCOC(Cc1ccc(OCCn2c(C)ccc2-c2ccc(NC(C)=O)cc2)cc1)C(=O)O. The monoisotopic (exact) mass is 450 g/mol. The van der Waals surface area contributed by atoms with Gasteiger partial charge in [0.25, 0.3) is 0 Å². The lowest BCUT2D eigenvalue weighted by Gasteiger charge is -2.14. The van der Waals surface area contributed by atoms with E-state index in [9.17, 15) is 14.7 Å². The van der Waals surface area contributed by atoms with Gasteiger partial charge in [-0.05, 0) is 61.4 Å². The maximum Gasteiger partial charge on any atom is 0.333 e. The summed E-state index contributed by atoms with van der Waals surface area (Å²) in [4.78, 5) is 22.5. The summed E-state index contributed by atoms with van der Waals surface area (Å²) in [6.45, 7) is 6.85. The Morgan fingerprint density at radius 3 is 2.33 bits per heavy atom. The fraction of sp³-hybridized carbons (Fsp3) is 0.308. The maximum atomic E-state index is 11.3. The first kappa shape index (κ1) is 24.1. The third-order valence-electron chi connectivity index (χ3n) is 5.27. The summed E-state index contributed by atoms with van der Waals surface area (Å²) in [5, 5.41) is 12.0. The van der Waals surface area contributed by atoms with Crippen LogP contribution in [0.1, 0.15) is 25.1 Å². The van der Waals surface area contributed by atoms with Crippen LogP contribution in [0.15, 0.2) is 60.7 Å². The molecule has 0 fully saturated rings. The third-order valence-corrected chi connectivity index (χ3v) is 5.27. The molecule has 0 aliphatic carbocycles. The molecule has 1 unspecified atom stereocenters. The molecule has 2 N–H and O–H groups in total. The van der Waals surface area contributed by atoms with Gasteiger partial charge >= 0.3 is 5.97 Å². The molecule has 0 bridgehead atoms. The number of hydrogen-bond donors (Lipinski definition) is 2. The Kier molecular flexibility index (Phi) is 8.27. The summed E-state index contributed by atoms with van der Waals surface area (Å²) in [6.07, 6.45) is -0.528. The molecule has 1 atom stereocenters. The molecule has 7 nitrogen and oxygen atoms in total. The average Bonchev–Trinajstić information content (AvgIpc) is 3.15. The fourth-order valence-electron chi connectivity index (χ4n) is 3.66. The van der Waals surface area contributed by atoms with E-state index >= 15 is 0 Å². The van der Waals surface area contributed by atoms with E-state index in [0.29, 0.717) is 26.2 Å². The Labute approximate surface area is 194 Å². The molecule has 0 saturated heterocycles. The zero-order valence-corrected chi connectivity index (χ0v) is 19.2. The molecule has 0 saturated carbocycles. The van der Waals surface area contributed by atoms with E-state index in [2.05, 4.69) is 28.9 Å². The van der Waals surface area contributed by atoms with E-state index in [-0.39, 0.29) is 5.91 Å². The van der Waals surface area contributed by atoms with E-state index in [1.807, 2.05) is 48.5 Å². The molecule has 1 aromatic heterocycles. The highest BCUT2D eigenvalue weighted by atomic mass is 16.5. The van der Waals surface area contributed by atoms with Crippen molar-refractivity contribution in [3.8, 4) is 17.0 Å². The molecule has 174 valence electrons. The summed E-state index contributed by atoms with van der Waals surface area (Å²) in [5.41, 5.74) is 4.92. The summed E-state index contributed by atoms with van der Waals surface area (Å²) in [5.74, 6) is -0.323. The number of aryl methyl sites for hydroxylation is 1. The summed E-state index contributed by atoms with van der Waals surface area (Å²) >= 11 is 0. The number of hydrogen-bond acceptors (Lipinski definition) is 4. The van der Waals surface area contributed by atoms with Crippen LogP contribution in [0.2, 0.25) is 0 Å². The Balaban J connectivity index is 1.59. The number of aliphatic carboxylic acids is 1. The first-order valence-corrected chi connectivity index (χ1v) is 11.0. The minimum atomic E-state index is -0.958. The fourth-order valence-corrected chi connectivity index (χ4v) is 3.66. The third kappa shape index (κ3) is 6.70. The van der Waals surface area contributed by atoms with Crippen LogP contribution in [0.5, 0.6) is 5.75 Å². The van der Waals surface area contributed by atoms with Gasteiger partial charge in [0.1, 0.15) is 12.4 Å². The highest BCUT2D eigenvalue weighted by Crippen LogP contribution is 2.24. The first-order chi connectivity index (χ1) is 15.9. The van der Waals surface area contributed by atoms with Gasteiger partial charge in [-0.1, -0.05) is 24.3 Å². The van der Waals surface area contributed by atoms with Crippen LogP contribution in [0.25, 0.3) is 11.3 Å².